The number of pyridine rings is 1. The fraction of sp³-hybridized carbons (Fsp3) is 0.500. The van der Waals surface area contributed by atoms with Gasteiger partial charge in [-0.2, -0.15) is 0 Å². The Morgan fingerprint density at radius 1 is 1.65 bits per heavy atom. The van der Waals surface area contributed by atoms with Gasteiger partial charge in [0.25, 0.3) is 0 Å². The second-order valence-corrected chi connectivity index (χ2v) is 4.97. The number of nitrogens with one attached hydrogen (secondary N) is 1. The Morgan fingerprint density at radius 3 is 2.82 bits per heavy atom. The molecule has 1 aliphatic rings. The zero-order valence-corrected chi connectivity index (χ0v) is 10.4. The summed E-state index contributed by atoms with van der Waals surface area (Å²) in [6.07, 6.45) is 4.94. The standard InChI is InChI=1S/C12H15ClN2O2/c1-2-12(3-4-12)7-15-10-9(13)5-8(6-14-10)11(16)17/h5-6H,2-4,7H2,1H3,(H,14,15)(H,16,17). The van der Waals surface area contributed by atoms with Gasteiger partial charge in [-0.3, -0.25) is 0 Å². The van der Waals surface area contributed by atoms with Crippen molar-refractivity contribution in [2.24, 2.45) is 5.41 Å². The van der Waals surface area contributed by atoms with Gasteiger partial charge in [0.15, 0.2) is 0 Å². The van der Waals surface area contributed by atoms with Crippen LogP contribution in [-0.2, 0) is 0 Å². The third kappa shape index (κ3) is 2.69. The minimum atomic E-state index is -1.02. The van der Waals surface area contributed by atoms with E-state index in [1.807, 2.05) is 0 Å². The Morgan fingerprint density at radius 2 is 2.35 bits per heavy atom. The third-order valence-corrected chi connectivity index (χ3v) is 3.71. The molecule has 0 saturated heterocycles. The lowest BCUT2D eigenvalue weighted by Gasteiger charge is -2.14. The largest absolute Gasteiger partial charge is 0.478 e. The number of anilines is 1. The molecule has 1 saturated carbocycles. The first kappa shape index (κ1) is 12.2. The van der Waals surface area contributed by atoms with Crippen molar-refractivity contribution in [3.05, 3.63) is 22.8 Å². The smallest absolute Gasteiger partial charge is 0.337 e. The lowest BCUT2D eigenvalue weighted by Crippen LogP contribution is -2.15. The molecule has 2 N–H and O–H groups in total. The number of carboxylic acids is 1. The van der Waals surface area contributed by atoms with E-state index in [1.54, 1.807) is 0 Å². The molecule has 5 heteroatoms. The molecule has 17 heavy (non-hydrogen) atoms. The molecule has 1 aromatic heterocycles. The van der Waals surface area contributed by atoms with Crippen molar-refractivity contribution in [3.8, 4) is 0 Å². The van der Waals surface area contributed by atoms with Crippen molar-refractivity contribution in [2.45, 2.75) is 26.2 Å². The predicted octanol–water partition coefficient (Wildman–Crippen LogP) is 3.04. The van der Waals surface area contributed by atoms with E-state index in [-0.39, 0.29) is 5.56 Å². The summed E-state index contributed by atoms with van der Waals surface area (Å²) in [5.41, 5.74) is 0.508. The van der Waals surface area contributed by atoms with E-state index < -0.39 is 5.97 Å². The summed E-state index contributed by atoms with van der Waals surface area (Å²) >= 11 is 5.98. The van der Waals surface area contributed by atoms with Crippen LogP contribution in [-0.4, -0.2) is 22.6 Å². The minimum absolute atomic E-state index is 0.108. The van der Waals surface area contributed by atoms with Gasteiger partial charge in [0.1, 0.15) is 5.82 Å². The molecule has 0 unspecified atom stereocenters. The summed E-state index contributed by atoms with van der Waals surface area (Å²) in [5, 5.41) is 12.3. The molecule has 0 radical (unpaired) electrons. The number of carboxylic acid groups (broad SMARTS) is 1. The Balaban J connectivity index is 2.04. The molecule has 0 aromatic carbocycles. The number of nitrogens with zero attached hydrogens (tertiary/aromatic N) is 1. The van der Waals surface area contributed by atoms with Gasteiger partial charge in [-0.1, -0.05) is 18.5 Å². The summed E-state index contributed by atoms with van der Waals surface area (Å²) in [5.74, 6) is -0.449. The molecular weight excluding hydrogens is 240 g/mol. The van der Waals surface area contributed by atoms with Crippen LogP contribution in [0.4, 0.5) is 5.82 Å². The lowest BCUT2D eigenvalue weighted by atomic mass is 10.0. The number of aromatic nitrogens is 1. The zero-order chi connectivity index (χ0) is 12.5. The second kappa shape index (κ2) is 4.53. The van der Waals surface area contributed by atoms with Crippen molar-refractivity contribution >= 4 is 23.4 Å². The predicted molar refractivity (Wildman–Crippen MR) is 66.7 cm³/mol. The van der Waals surface area contributed by atoms with Crippen LogP contribution in [0, 0.1) is 5.41 Å². The maximum Gasteiger partial charge on any atom is 0.337 e. The molecule has 1 fully saturated rings. The fourth-order valence-electron chi connectivity index (χ4n) is 1.79. The van der Waals surface area contributed by atoms with Gasteiger partial charge in [0.2, 0.25) is 0 Å². The first-order valence-corrected chi connectivity index (χ1v) is 6.07. The highest BCUT2D eigenvalue weighted by Crippen LogP contribution is 2.48. The van der Waals surface area contributed by atoms with Crippen molar-refractivity contribution < 1.29 is 9.90 Å². The van der Waals surface area contributed by atoms with Gasteiger partial charge in [0.05, 0.1) is 10.6 Å². The molecule has 1 aliphatic carbocycles. The third-order valence-electron chi connectivity index (χ3n) is 3.43. The van der Waals surface area contributed by atoms with E-state index in [1.165, 1.54) is 25.1 Å². The average molecular weight is 255 g/mol. The van der Waals surface area contributed by atoms with E-state index in [9.17, 15) is 4.79 Å². The number of rotatable bonds is 5. The number of hydrogen-bond donors (Lipinski definition) is 2. The van der Waals surface area contributed by atoms with E-state index in [0.717, 1.165) is 13.0 Å². The summed E-state index contributed by atoms with van der Waals surface area (Å²) < 4.78 is 0. The highest BCUT2D eigenvalue weighted by molar-refractivity contribution is 6.33. The Hall–Kier alpha value is -1.29. The van der Waals surface area contributed by atoms with Crippen molar-refractivity contribution in [3.63, 3.8) is 0 Å². The van der Waals surface area contributed by atoms with E-state index in [4.69, 9.17) is 16.7 Å². The topological polar surface area (TPSA) is 62.2 Å². The Labute approximate surface area is 105 Å². The average Bonchev–Trinajstić information content (AvgIpc) is 3.08. The Kier molecular flexibility index (Phi) is 3.24. The first-order chi connectivity index (χ1) is 8.06. The molecule has 0 bridgehead atoms. The highest BCUT2D eigenvalue weighted by atomic mass is 35.5. The number of carbonyl (C=O) groups is 1. The first-order valence-electron chi connectivity index (χ1n) is 5.69. The molecule has 2 rings (SSSR count). The molecule has 1 aromatic rings. The van der Waals surface area contributed by atoms with Gasteiger partial charge in [0, 0.05) is 12.7 Å². The molecule has 0 aliphatic heterocycles. The lowest BCUT2D eigenvalue weighted by molar-refractivity contribution is 0.0696. The highest BCUT2D eigenvalue weighted by Gasteiger charge is 2.40. The molecule has 92 valence electrons. The van der Waals surface area contributed by atoms with E-state index >= 15 is 0 Å². The fourth-order valence-corrected chi connectivity index (χ4v) is 2.02. The van der Waals surface area contributed by atoms with E-state index in [0.29, 0.717) is 16.3 Å². The van der Waals surface area contributed by atoms with Crippen molar-refractivity contribution in [1.29, 1.82) is 0 Å². The number of hydrogen-bond acceptors (Lipinski definition) is 3. The molecule has 0 spiro atoms. The quantitative estimate of drug-likeness (QED) is 0.848. The summed E-state index contributed by atoms with van der Waals surface area (Å²) in [6, 6.07) is 1.42. The van der Waals surface area contributed by atoms with Gasteiger partial charge >= 0.3 is 5.97 Å². The number of aromatic carboxylic acids is 1. The van der Waals surface area contributed by atoms with Crippen LogP contribution in [0.1, 0.15) is 36.5 Å². The second-order valence-electron chi connectivity index (χ2n) is 4.57. The van der Waals surface area contributed by atoms with Crippen molar-refractivity contribution in [2.75, 3.05) is 11.9 Å². The Bertz CT molecular complexity index is 444. The van der Waals surface area contributed by atoms with Crippen LogP contribution in [0.25, 0.3) is 0 Å². The summed E-state index contributed by atoms with van der Waals surface area (Å²) in [4.78, 5) is 14.8. The van der Waals surface area contributed by atoms with Crippen LogP contribution in [0.5, 0.6) is 0 Å². The van der Waals surface area contributed by atoms with E-state index in [2.05, 4.69) is 17.2 Å². The van der Waals surface area contributed by atoms with Gasteiger partial charge in [-0.05, 0) is 30.7 Å². The molecule has 4 nitrogen and oxygen atoms in total. The molecular formula is C12H15ClN2O2. The summed E-state index contributed by atoms with van der Waals surface area (Å²) in [7, 11) is 0. The maximum atomic E-state index is 10.7. The SMILES string of the molecule is CCC1(CNc2ncc(C(=O)O)cc2Cl)CC1. The van der Waals surface area contributed by atoms with Crippen LogP contribution in [0.3, 0.4) is 0 Å². The van der Waals surface area contributed by atoms with Gasteiger partial charge < -0.3 is 10.4 Å². The zero-order valence-electron chi connectivity index (χ0n) is 9.66. The molecule has 0 atom stereocenters. The summed E-state index contributed by atoms with van der Waals surface area (Å²) in [6.45, 7) is 3.03. The van der Waals surface area contributed by atoms with Gasteiger partial charge in [-0.25, -0.2) is 9.78 Å². The minimum Gasteiger partial charge on any atom is -0.478 e. The number of halogens is 1. The van der Waals surface area contributed by atoms with Crippen LogP contribution >= 0.6 is 11.6 Å². The monoisotopic (exact) mass is 254 g/mol. The van der Waals surface area contributed by atoms with Crippen LogP contribution in [0.15, 0.2) is 12.3 Å². The molecule has 0 amide bonds. The maximum absolute atomic E-state index is 10.7. The van der Waals surface area contributed by atoms with Crippen LogP contribution < -0.4 is 5.32 Å². The van der Waals surface area contributed by atoms with Gasteiger partial charge in [-0.15, -0.1) is 0 Å². The van der Waals surface area contributed by atoms with Crippen LogP contribution in [0.2, 0.25) is 5.02 Å². The molecule has 1 heterocycles. The van der Waals surface area contributed by atoms with Crippen molar-refractivity contribution in [1.82, 2.24) is 4.98 Å². The normalized spacial score (nSPS) is 16.6.